The van der Waals surface area contributed by atoms with Crippen LogP contribution in [0, 0.1) is 0 Å². The van der Waals surface area contributed by atoms with E-state index in [1.165, 1.54) is 21.0 Å². The lowest BCUT2D eigenvalue weighted by Gasteiger charge is -2.18. The van der Waals surface area contributed by atoms with Gasteiger partial charge >= 0.3 is 0 Å². The maximum absolute atomic E-state index is 12.6. The van der Waals surface area contributed by atoms with Crippen LogP contribution in [0.25, 0.3) is 11.1 Å². The van der Waals surface area contributed by atoms with Gasteiger partial charge in [-0.15, -0.1) is 0 Å². The average molecular weight is 403 g/mol. The molecular formula is C18H17N3O4S2. The number of benzene rings is 2. The average Bonchev–Trinajstić information content (AvgIpc) is 3.34. The van der Waals surface area contributed by atoms with E-state index in [9.17, 15) is 13.2 Å². The van der Waals surface area contributed by atoms with Crippen molar-refractivity contribution in [2.24, 2.45) is 0 Å². The fourth-order valence-electron chi connectivity index (χ4n) is 2.83. The molecule has 1 aromatic heterocycles. The first-order valence-corrected chi connectivity index (χ1v) is 10.8. The minimum Gasteiger partial charge on any atom is -0.431 e. The molecule has 0 atom stereocenters. The summed E-state index contributed by atoms with van der Waals surface area (Å²) in [4.78, 5) is 18.6. The maximum Gasteiger partial charge on any atom is 0.257 e. The van der Waals surface area contributed by atoms with Crippen LogP contribution in [0.15, 0.2) is 69.1 Å². The summed E-state index contributed by atoms with van der Waals surface area (Å²) in [7, 11) is -3.59. The summed E-state index contributed by atoms with van der Waals surface area (Å²) >= 11 is 1.21. The molecule has 0 saturated carbocycles. The van der Waals surface area contributed by atoms with E-state index in [2.05, 4.69) is 4.98 Å². The van der Waals surface area contributed by atoms with Gasteiger partial charge in [-0.25, -0.2) is 13.4 Å². The third kappa shape index (κ3) is 3.71. The number of oxazole rings is 1. The fourth-order valence-corrected chi connectivity index (χ4v) is 4.99. The van der Waals surface area contributed by atoms with Gasteiger partial charge in [-0.3, -0.25) is 4.79 Å². The van der Waals surface area contributed by atoms with E-state index >= 15 is 0 Å². The van der Waals surface area contributed by atoms with E-state index < -0.39 is 10.0 Å². The Labute approximate surface area is 161 Å². The van der Waals surface area contributed by atoms with Crippen LogP contribution in [0.2, 0.25) is 0 Å². The van der Waals surface area contributed by atoms with Crippen molar-refractivity contribution >= 4 is 38.8 Å². The predicted molar refractivity (Wildman–Crippen MR) is 102 cm³/mol. The summed E-state index contributed by atoms with van der Waals surface area (Å²) in [6.07, 6.45) is 0. The van der Waals surface area contributed by atoms with Crippen LogP contribution in [0.4, 0.5) is 0 Å². The summed E-state index contributed by atoms with van der Waals surface area (Å²) in [5.74, 6) is -0.000466. The number of carbonyl (C=O) groups excluding carboxylic acids is 1. The van der Waals surface area contributed by atoms with Crippen molar-refractivity contribution in [2.45, 2.75) is 10.1 Å². The first-order chi connectivity index (χ1) is 13.0. The monoisotopic (exact) mass is 403 g/mol. The van der Waals surface area contributed by atoms with Gasteiger partial charge in [-0.2, -0.15) is 4.31 Å². The van der Waals surface area contributed by atoms with E-state index in [4.69, 9.17) is 4.42 Å². The first kappa shape index (κ1) is 18.0. The number of hydrogen-bond acceptors (Lipinski definition) is 6. The Morgan fingerprint density at radius 1 is 1.07 bits per heavy atom. The second kappa shape index (κ2) is 7.34. The molecule has 0 N–H and O–H groups in total. The summed E-state index contributed by atoms with van der Waals surface area (Å²) < 4.78 is 32.2. The number of para-hydroxylation sites is 2. The van der Waals surface area contributed by atoms with Crippen molar-refractivity contribution in [1.29, 1.82) is 0 Å². The van der Waals surface area contributed by atoms with E-state index in [-0.39, 0.29) is 29.8 Å². The Morgan fingerprint density at radius 3 is 2.59 bits per heavy atom. The number of hydrogen-bond donors (Lipinski definition) is 0. The number of aromatic nitrogens is 1. The highest BCUT2D eigenvalue weighted by Gasteiger charge is 2.33. The molecule has 0 radical (unpaired) electrons. The Balaban J connectivity index is 1.38. The summed E-state index contributed by atoms with van der Waals surface area (Å²) in [6, 6.07) is 15.6. The van der Waals surface area contributed by atoms with E-state index in [1.807, 2.05) is 24.3 Å². The van der Waals surface area contributed by atoms with Crippen LogP contribution in [-0.2, 0) is 14.8 Å². The zero-order valence-corrected chi connectivity index (χ0v) is 15.9. The van der Waals surface area contributed by atoms with Crippen molar-refractivity contribution in [3.05, 3.63) is 54.6 Å². The summed E-state index contributed by atoms with van der Waals surface area (Å²) in [6.45, 7) is 0.722. The number of rotatable bonds is 5. The Bertz CT molecular complexity index is 1030. The maximum atomic E-state index is 12.6. The van der Waals surface area contributed by atoms with E-state index in [1.54, 1.807) is 30.3 Å². The molecule has 3 aromatic rings. The smallest absolute Gasteiger partial charge is 0.257 e. The molecule has 4 rings (SSSR count). The van der Waals surface area contributed by atoms with Gasteiger partial charge in [0, 0.05) is 13.1 Å². The third-order valence-electron chi connectivity index (χ3n) is 4.27. The van der Waals surface area contributed by atoms with Crippen LogP contribution in [0.3, 0.4) is 0 Å². The number of nitrogens with zero attached hydrogens (tertiary/aromatic N) is 3. The van der Waals surface area contributed by atoms with Gasteiger partial charge in [0.1, 0.15) is 5.52 Å². The van der Waals surface area contributed by atoms with Crippen LogP contribution in [-0.4, -0.2) is 54.0 Å². The lowest BCUT2D eigenvalue weighted by atomic mass is 10.3. The molecule has 27 heavy (non-hydrogen) atoms. The minimum atomic E-state index is -3.59. The molecule has 2 heterocycles. The van der Waals surface area contributed by atoms with Gasteiger partial charge < -0.3 is 9.32 Å². The molecule has 1 aliphatic heterocycles. The molecule has 7 nitrogen and oxygen atoms in total. The molecule has 1 amide bonds. The predicted octanol–water partition coefficient (Wildman–Crippen LogP) is 2.41. The van der Waals surface area contributed by atoms with Gasteiger partial charge in [0.15, 0.2) is 5.58 Å². The van der Waals surface area contributed by atoms with Crippen molar-refractivity contribution in [3.63, 3.8) is 0 Å². The fraction of sp³-hybridized carbons (Fsp3) is 0.222. The lowest BCUT2D eigenvalue weighted by molar-refractivity contribution is -0.127. The number of sulfonamides is 1. The van der Waals surface area contributed by atoms with Crippen molar-refractivity contribution in [1.82, 2.24) is 14.2 Å². The largest absolute Gasteiger partial charge is 0.431 e. The highest BCUT2D eigenvalue weighted by Crippen LogP contribution is 2.24. The molecule has 2 aromatic carbocycles. The highest BCUT2D eigenvalue weighted by atomic mass is 32.2. The summed E-state index contributed by atoms with van der Waals surface area (Å²) in [5, 5.41) is 0.428. The highest BCUT2D eigenvalue weighted by molar-refractivity contribution is 7.99. The van der Waals surface area contributed by atoms with Gasteiger partial charge in [-0.1, -0.05) is 42.1 Å². The number of fused-ring (bicyclic) bond motifs is 1. The van der Waals surface area contributed by atoms with Gasteiger partial charge in [-0.05, 0) is 24.3 Å². The lowest BCUT2D eigenvalue weighted by Crippen LogP contribution is -2.34. The molecule has 0 unspecified atom stereocenters. The van der Waals surface area contributed by atoms with Crippen LogP contribution >= 0.6 is 11.8 Å². The standard InChI is InChI=1S/C18H17N3O4S2/c22-17(12-26-18-19-15-8-4-5-9-16(15)25-18)20-10-11-21(13-20)27(23,24)14-6-2-1-3-7-14/h1-9H,10-13H2. The minimum absolute atomic E-state index is 0.0597. The van der Waals surface area contributed by atoms with Gasteiger partial charge in [0.2, 0.25) is 15.9 Å². The Morgan fingerprint density at radius 2 is 1.81 bits per heavy atom. The number of thioether (sulfide) groups is 1. The SMILES string of the molecule is O=C(CSc1nc2ccccc2o1)N1CCN(S(=O)(=O)c2ccccc2)C1. The van der Waals surface area contributed by atoms with Crippen LogP contribution < -0.4 is 0 Å². The number of amides is 1. The first-order valence-electron chi connectivity index (χ1n) is 8.35. The third-order valence-corrected chi connectivity index (χ3v) is 6.93. The molecule has 0 bridgehead atoms. The zero-order chi connectivity index (χ0) is 18.9. The molecule has 0 spiro atoms. The molecule has 1 saturated heterocycles. The van der Waals surface area contributed by atoms with E-state index in [0.29, 0.717) is 17.4 Å². The molecule has 1 fully saturated rings. The normalized spacial score (nSPS) is 15.5. The molecule has 140 valence electrons. The van der Waals surface area contributed by atoms with Crippen molar-refractivity contribution in [2.75, 3.05) is 25.5 Å². The Hall–Kier alpha value is -2.36. The molecule has 1 aliphatic rings. The number of carbonyl (C=O) groups is 1. The topological polar surface area (TPSA) is 83.7 Å². The Kier molecular flexibility index (Phi) is 4.90. The van der Waals surface area contributed by atoms with Crippen LogP contribution in [0.1, 0.15) is 0 Å². The van der Waals surface area contributed by atoms with Gasteiger partial charge in [0.05, 0.1) is 17.3 Å². The summed E-state index contributed by atoms with van der Waals surface area (Å²) in [5.41, 5.74) is 1.42. The van der Waals surface area contributed by atoms with Crippen molar-refractivity contribution < 1.29 is 17.6 Å². The zero-order valence-electron chi connectivity index (χ0n) is 14.3. The second-order valence-corrected chi connectivity index (χ2v) is 8.89. The van der Waals surface area contributed by atoms with Crippen LogP contribution in [0.5, 0.6) is 0 Å². The van der Waals surface area contributed by atoms with Crippen molar-refractivity contribution in [3.8, 4) is 0 Å². The van der Waals surface area contributed by atoms with Gasteiger partial charge in [0.25, 0.3) is 5.22 Å². The van der Waals surface area contributed by atoms with E-state index in [0.717, 1.165) is 5.52 Å². The second-order valence-electron chi connectivity index (χ2n) is 6.03. The molecule has 0 aliphatic carbocycles. The molecule has 9 heteroatoms. The molecular weight excluding hydrogens is 386 g/mol. The quantitative estimate of drug-likeness (QED) is 0.609.